The van der Waals surface area contributed by atoms with E-state index in [2.05, 4.69) is 59.1 Å². The van der Waals surface area contributed by atoms with E-state index in [1.165, 1.54) is 49.0 Å². The number of nitriles is 1. The first-order valence-corrected chi connectivity index (χ1v) is 13.2. The molecule has 0 amide bonds. The molecule has 2 unspecified atom stereocenters. The number of nitrogens with zero attached hydrogens (tertiary/aromatic N) is 3. The number of benzene rings is 1. The minimum absolute atomic E-state index is 0.380. The van der Waals surface area contributed by atoms with E-state index >= 15 is 0 Å². The molecule has 2 aromatic rings. The maximum absolute atomic E-state index is 9.62. The Hall–Kier alpha value is -2.26. The molecule has 0 saturated heterocycles. The Morgan fingerprint density at radius 2 is 1.94 bits per heavy atom. The number of thioether (sulfide) groups is 1. The van der Waals surface area contributed by atoms with Gasteiger partial charge in [0.25, 0.3) is 0 Å². The summed E-state index contributed by atoms with van der Waals surface area (Å²) in [5.41, 5.74) is 2.13. The number of nitrogens with one attached hydrogen (secondary N) is 2. The van der Waals surface area contributed by atoms with Crippen LogP contribution in [-0.2, 0) is 6.54 Å². The summed E-state index contributed by atoms with van der Waals surface area (Å²) in [7, 11) is 0. The third kappa shape index (κ3) is 4.08. The van der Waals surface area contributed by atoms with Gasteiger partial charge in [-0.1, -0.05) is 31.5 Å². The SMILES string of the molecule is CCC1C2CC3CC1CC(CNc1nc(NCc4ccccc4SC)ncc1C#N)(C3)C2. The van der Waals surface area contributed by atoms with Crippen LogP contribution in [0.1, 0.15) is 56.6 Å². The Morgan fingerprint density at radius 1 is 1.16 bits per heavy atom. The number of hydrogen-bond acceptors (Lipinski definition) is 6. The van der Waals surface area contributed by atoms with E-state index in [1.807, 2.05) is 0 Å². The normalized spacial score (nSPS) is 30.2. The van der Waals surface area contributed by atoms with Gasteiger partial charge in [0.05, 0.1) is 6.20 Å². The molecule has 2 N–H and O–H groups in total. The Balaban J connectivity index is 1.28. The van der Waals surface area contributed by atoms with Gasteiger partial charge in [0.1, 0.15) is 17.5 Å². The first kappa shape index (κ1) is 21.6. The average molecular weight is 448 g/mol. The van der Waals surface area contributed by atoms with Crippen molar-refractivity contribution in [3.05, 3.63) is 41.6 Å². The van der Waals surface area contributed by atoms with Crippen LogP contribution in [0.4, 0.5) is 11.8 Å². The van der Waals surface area contributed by atoms with Crippen LogP contribution >= 0.6 is 11.8 Å². The zero-order valence-electron chi connectivity index (χ0n) is 19.1. The van der Waals surface area contributed by atoms with Gasteiger partial charge in [-0.15, -0.1) is 11.8 Å². The number of rotatable bonds is 8. The van der Waals surface area contributed by atoms with E-state index in [0.29, 0.717) is 29.3 Å². The van der Waals surface area contributed by atoms with Crippen molar-refractivity contribution in [2.75, 3.05) is 23.4 Å². The molecule has 4 aliphatic rings. The number of anilines is 2. The van der Waals surface area contributed by atoms with Gasteiger partial charge in [-0.25, -0.2) is 4.98 Å². The second-order valence-electron chi connectivity index (χ2n) is 10.1. The highest BCUT2D eigenvalue weighted by molar-refractivity contribution is 7.98. The van der Waals surface area contributed by atoms with Crippen LogP contribution < -0.4 is 10.6 Å². The molecule has 0 radical (unpaired) electrons. The summed E-state index contributed by atoms with van der Waals surface area (Å²) in [5.74, 6) is 4.90. The molecule has 1 aromatic heterocycles. The lowest BCUT2D eigenvalue weighted by atomic mass is 9.46. The Labute approximate surface area is 195 Å². The van der Waals surface area contributed by atoms with Crippen molar-refractivity contribution < 1.29 is 0 Å². The molecule has 1 heterocycles. The molecular weight excluding hydrogens is 414 g/mol. The third-order valence-electron chi connectivity index (χ3n) is 8.24. The minimum Gasteiger partial charge on any atom is -0.368 e. The largest absolute Gasteiger partial charge is 0.368 e. The molecule has 4 fully saturated rings. The number of aromatic nitrogens is 2. The molecule has 4 aliphatic carbocycles. The lowest BCUT2D eigenvalue weighted by Gasteiger charge is -2.60. The van der Waals surface area contributed by atoms with Crippen molar-refractivity contribution in [3.63, 3.8) is 0 Å². The molecule has 5 nitrogen and oxygen atoms in total. The van der Waals surface area contributed by atoms with E-state index in [-0.39, 0.29) is 0 Å². The summed E-state index contributed by atoms with van der Waals surface area (Å²) >= 11 is 1.74. The lowest BCUT2D eigenvalue weighted by Crippen LogP contribution is -2.53. The first-order chi connectivity index (χ1) is 15.6. The zero-order valence-corrected chi connectivity index (χ0v) is 19.9. The molecule has 168 valence electrons. The Kier molecular flexibility index (Phi) is 6.03. The van der Waals surface area contributed by atoms with Gasteiger partial charge in [0, 0.05) is 18.0 Å². The second kappa shape index (κ2) is 8.94. The molecule has 1 aromatic carbocycles. The van der Waals surface area contributed by atoms with Crippen LogP contribution in [0.5, 0.6) is 0 Å². The molecule has 4 bridgehead atoms. The van der Waals surface area contributed by atoms with Crippen LogP contribution in [0.3, 0.4) is 0 Å². The maximum atomic E-state index is 9.62. The monoisotopic (exact) mass is 447 g/mol. The van der Waals surface area contributed by atoms with Gasteiger partial charge in [-0.05, 0) is 79.1 Å². The molecule has 6 rings (SSSR count). The lowest BCUT2D eigenvalue weighted by molar-refractivity contribution is -0.0893. The van der Waals surface area contributed by atoms with E-state index in [9.17, 15) is 5.26 Å². The van der Waals surface area contributed by atoms with Crippen LogP contribution in [0.15, 0.2) is 35.4 Å². The van der Waals surface area contributed by atoms with Gasteiger partial charge in [0.2, 0.25) is 5.95 Å². The Bertz CT molecular complexity index is 1000. The summed E-state index contributed by atoms with van der Waals surface area (Å²) in [6, 6.07) is 10.6. The fourth-order valence-electron chi connectivity index (χ4n) is 7.16. The quantitative estimate of drug-likeness (QED) is 0.487. The summed E-state index contributed by atoms with van der Waals surface area (Å²) in [6.45, 7) is 3.97. The van der Waals surface area contributed by atoms with Crippen molar-refractivity contribution in [2.24, 2.45) is 29.1 Å². The van der Waals surface area contributed by atoms with Crippen molar-refractivity contribution in [1.29, 1.82) is 5.26 Å². The summed E-state index contributed by atoms with van der Waals surface area (Å²) in [5, 5.41) is 16.6. The van der Waals surface area contributed by atoms with Gasteiger partial charge < -0.3 is 10.6 Å². The molecular formula is C26H33N5S. The van der Waals surface area contributed by atoms with E-state index in [1.54, 1.807) is 18.0 Å². The fourth-order valence-corrected chi connectivity index (χ4v) is 7.78. The van der Waals surface area contributed by atoms with Crippen LogP contribution in [0.25, 0.3) is 0 Å². The average Bonchev–Trinajstić information content (AvgIpc) is 2.81. The summed E-state index contributed by atoms with van der Waals surface area (Å²) < 4.78 is 0. The Morgan fingerprint density at radius 3 is 2.66 bits per heavy atom. The predicted molar refractivity (Wildman–Crippen MR) is 131 cm³/mol. The molecule has 0 aliphatic heterocycles. The molecule has 0 spiro atoms. The predicted octanol–water partition coefficient (Wildman–Crippen LogP) is 5.95. The van der Waals surface area contributed by atoms with Crippen LogP contribution in [0, 0.1) is 40.4 Å². The molecule has 4 saturated carbocycles. The van der Waals surface area contributed by atoms with E-state index in [4.69, 9.17) is 4.98 Å². The fraction of sp³-hybridized carbons (Fsp3) is 0.577. The highest BCUT2D eigenvalue weighted by Gasteiger charge is 2.54. The second-order valence-corrected chi connectivity index (χ2v) is 11.0. The van der Waals surface area contributed by atoms with Gasteiger partial charge in [0.15, 0.2) is 0 Å². The highest BCUT2D eigenvalue weighted by Crippen LogP contribution is 2.62. The number of hydrogen-bond donors (Lipinski definition) is 2. The van der Waals surface area contributed by atoms with Crippen molar-refractivity contribution in [2.45, 2.75) is 56.9 Å². The van der Waals surface area contributed by atoms with E-state index in [0.717, 1.165) is 30.2 Å². The molecule has 6 heteroatoms. The topological polar surface area (TPSA) is 73.6 Å². The standard InChI is InChI=1S/C26H33N5S/c1-3-22-19-8-17-9-20(22)12-26(10-17,11-19)16-30-24-21(13-27)15-29-25(31-24)28-14-18-6-4-5-7-23(18)32-2/h4-7,15,17,19-20,22H,3,8-12,14,16H2,1-2H3,(H2,28,29,30,31). The zero-order chi connectivity index (χ0) is 22.1. The summed E-state index contributed by atoms with van der Waals surface area (Å²) in [6.07, 6.45) is 12.0. The molecule has 2 atom stereocenters. The van der Waals surface area contributed by atoms with Crippen molar-refractivity contribution >= 4 is 23.5 Å². The first-order valence-electron chi connectivity index (χ1n) is 12.0. The van der Waals surface area contributed by atoms with Gasteiger partial charge >= 0.3 is 0 Å². The van der Waals surface area contributed by atoms with Crippen molar-refractivity contribution in [3.8, 4) is 6.07 Å². The summed E-state index contributed by atoms with van der Waals surface area (Å²) in [4.78, 5) is 10.3. The minimum atomic E-state index is 0.380. The van der Waals surface area contributed by atoms with E-state index < -0.39 is 0 Å². The third-order valence-corrected chi connectivity index (χ3v) is 9.07. The van der Waals surface area contributed by atoms with Gasteiger partial charge in [-0.3, -0.25) is 0 Å². The van der Waals surface area contributed by atoms with Crippen LogP contribution in [-0.4, -0.2) is 22.8 Å². The highest BCUT2D eigenvalue weighted by atomic mass is 32.2. The smallest absolute Gasteiger partial charge is 0.224 e. The van der Waals surface area contributed by atoms with Gasteiger partial charge in [-0.2, -0.15) is 10.2 Å². The van der Waals surface area contributed by atoms with Crippen molar-refractivity contribution in [1.82, 2.24) is 9.97 Å². The van der Waals surface area contributed by atoms with Crippen LogP contribution in [0.2, 0.25) is 0 Å². The molecule has 32 heavy (non-hydrogen) atoms. The maximum Gasteiger partial charge on any atom is 0.224 e.